The van der Waals surface area contributed by atoms with Gasteiger partial charge in [-0.3, -0.25) is 4.98 Å². The number of nitrogens with one attached hydrogen (secondary N) is 1. The molecule has 96 valence electrons. The van der Waals surface area contributed by atoms with Gasteiger partial charge in [-0.15, -0.1) is 0 Å². The average molecular weight is 238 g/mol. The molecule has 0 spiro atoms. The molecule has 1 N–H and O–H groups in total. The standard InChI is InChI=1S/C13H22N2O2/c1-16-10-2-11-17-12-9-15-8-5-13-3-6-14-7-4-13/h3-4,6-7,15H,2,5,8-12H2,1H3. The van der Waals surface area contributed by atoms with Crippen LogP contribution >= 0.6 is 0 Å². The maximum atomic E-state index is 5.44. The van der Waals surface area contributed by atoms with Crippen molar-refractivity contribution in [3.63, 3.8) is 0 Å². The van der Waals surface area contributed by atoms with Crippen molar-refractivity contribution in [1.29, 1.82) is 0 Å². The van der Waals surface area contributed by atoms with Crippen LogP contribution in [-0.2, 0) is 15.9 Å². The van der Waals surface area contributed by atoms with Gasteiger partial charge in [0.15, 0.2) is 0 Å². The third-order valence-corrected chi connectivity index (χ3v) is 2.40. The molecule has 0 aliphatic carbocycles. The third-order valence-electron chi connectivity index (χ3n) is 2.40. The van der Waals surface area contributed by atoms with Crippen molar-refractivity contribution < 1.29 is 9.47 Å². The first-order valence-corrected chi connectivity index (χ1v) is 6.10. The molecule has 0 aromatic carbocycles. The Morgan fingerprint density at radius 3 is 2.71 bits per heavy atom. The highest BCUT2D eigenvalue weighted by molar-refractivity contribution is 5.09. The molecule has 0 bridgehead atoms. The van der Waals surface area contributed by atoms with Crippen LogP contribution in [0.25, 0.3) is 0 Å². The molecule has 0 saturated heterocycles. The number of rotatable bonds is 10. The fourth-order valence-corrected chi connectivity index (χ4v) is 1.46. The normalized spacial score (nSPS) is 10.6. The molecule has 4 nitrogen and oxygen atoms in total. The van der Waals surface area contributed by atoms with E-state index in [1.807, 2.05) is 24.5 Å². The van der Waals surface area contributed by atoms with Gasteiger partial charge in [0.25, 0.3) is 0 Å². The van der Waals surface area contributed by atoms with Crippen LogP contribution in [0.2, 0.25) is 0 Å². The molecule has 0 aliphatic heterocycles. The summed E-state index contributed by atoms with van der Waals surface area (Å²) in [4.78, 5) is 3.99. The smallest absolute Gasteiger partial charge is 0.0590 e. The lowest BCUT2D eigenvalue weighted by molar-refractivity contribution is 0.104. The molecule has 1 aromatic heterocycles. The zero-order valence-corrected chi connectivity index (χ0v) is 10.5. The van der Waals surface area contributed by atoms with E-state index >= 15 is 0 Å². The molecule has 1 rings (SSSR count). The van der Waals surface area contributed by atoms with Crippen LogP contribution in [0.1, 0.15) is 12.0 Å². The third kappa shape index (κ3) is 7.85. The van der Waals surface area contributed by atoms with Crippen LogP contribution < -0.4 is 5.32 Å². The maximum Gasteiger partial charge on any atom is 0.0590 e. The van der Waals surface area contributed by atoms with E-state index in [1.54, 1.807) is 7.11 Å². The number of hydrogen-bond donors (Lipinski definition) is 1. The highest BCUT2D eigenvalue weighted by atomic mass is 16.5. The Hall–Kier alpha value is -0.970. The first-order chi connectivity index (χ1) is 8.43. The molecular weight excluding hydrogens is 216 g/mol. The lowest BCUT2D eigenvalue weighted by Gasteiger charge is -2.06. The van der Waals surface area contributed by atoms with E-state index < -0.39 is 0 Å². The topological polar surface area (TPSA) is 43.4 Å². The molecule has 0 aliphatic rings. The average Bonchev–Trinajstić information content (AvgIpc) is 2.38. The van der Waals surface area contributed by atoms with Gasteiger partial charge in [-0.1, -0.05) is 0 Å². The molecule has 4 heteroatoms. The lowest BCUT2D eigenvalue weighted by atomic mass is 10.2. The summed E-state index contributed by atoms with van der Waals surface area (Å²) >= 11 is 0. The minimum atomic E-state index is 0.764. The minimum absolute atomic E-state index is 0.764. The molecule has 1 aromatic rings. The summed E-state index contributed by atoms with van der Waals surface area (Å²) in [5.74, 6) is 0. The Morgan fingerprint density at radius 1 is 1.12 bits per heavy atom. The van der Waals surface area contributed by atoms with E-state index in [4.69, 9.17) is 9.47 Å². The van der Waals surface area contributed by atoms with Crippen LogP contribution in [0.3, 0.4) is 0 Å². The van der Waals surface area contributed by atoms with E-state index in [0.29, 0.717) is 0 Å². The van der Waals surface area contributed by atoms with E-state index in [-0.39, 0.29) is 0 Å². The van der Waals surface area contributed by atoms with Gasteiger partial charge >= 0.3 is 0 Å². The van der Waals surface area contributed by atoms with Crippen molar-refractivity contribution in [3.05, 3.63) is 30.1 Å². The predicted molar refractivity (Wildman–Crippen MR) is 68.1 cm³/mol. The molecule has 17 heavy (non-hydrogen) atoms. The van der Waals surface area contributed by atoms with Crippen molar-refractivity contribution in [2.45, 2.75) is 12.8 Å². The quantitative estimate of drug-likeness (QED) is 0.623. The largest absolute Gasteiger partial charge is 0.385 e. The summed E-state index contributed by atoms with van der Waals surface area (Å²) in [6.07, 6.45) is 5.65. The Balaban J connectivity index is 1.85. The predicted octanol–water partition coefficient (Wildman–Crippen LogP) is 1.27. The van der Waals surface area contributed by atoms with Crippen molar-refractivity contribution in [1.82, 2.24) is 10.3 Å². The number of hydrogen-bond acceptors (Lipinski definition) is 4. The van der Waals surface area contributed by atoms with E-state index in [2.05, 4.69) is 10.3 Å². The summed E-state index contributed by atoms with van der Waals surface area (Å²) in [6, 6.07) is 4.09. The number of pyridine rings is 1. The van der Waals surface area contributed by atoms with Gasteiger partial charge in [-0.2, -0.15) is 0 Å². The lowest BCUT2D eigenvalue weighted by Crippen LogP contribution is -2.22. The summed E-state index contributed by atoms with van der Waals surface area (Å²) in [5.41, 5.74) is 1.31. The van der Waals surface area contributed by atoms with Gasteiger partial charge in [0, 0.05) is 39.3 Å². The molecule has 0 radical (unpaired) electrons. The van der Waals surface area contributed by atoms with E-state index in [9.17, 15) is 0 Å². The summed E-state index contributed by atoms with van der Waals surface area (Å²) in [6.45, 7) is 4.19. The number of nitrogens with zero attached hydrogens (tertiary/aromatic N) is 1. The van der Waals surface area contributed by atoms with Crippen LogP contribution in [0.5, 0.6) is 0 Å². The van der Waals surface area contributed by atoms with Crippen molar-refractivity contribution in [2.24, 2.45) is 0 Å². The van der Waals surface area contributed by atoms with Crippen molar-refractivity contribution in [2.75, 3.05) is 40.0 Å². The summed E-state index contributed by atoms with van der Waals surface area (Å²) < 4.78 is 10.4. The fraction of sp³-hybridized carbons (Fsp3) is 0.615. The number of methoxy groups -OCH3 is 1. The SMILES string of the molecule is COCCCOCCNCCc1ccncc1. The van der Waals surface area contributed by atoms with Gasteiger partial charge in [-0.05, 0) is 37.1 Å². The van der Waals surface area contributed by atoms with Crippen LogP contribution in [0.15, 0.2) is 24.5 Å². The molecule has 0 unspecified atom stereocenters. The second-order valence-corrected chi connectivity index (χ2v) is 3.81. The zero-order valence-electron chi connectivity index (χ0n) is 10.5. The van der Waals surface area contributed by atoms with Crippen LogP contribution in [0.4, 0.5) is 0 Å². The van der Waals surface area contributed by atoms with Gasteiger partial charge in [-0.25, -0.2) is 0 Å². The maximum absolute atomic E-state index is 5.44. The first kappa shape index (κ1) is 14.1. The fourth-order valence-electron chi connectivity index (χ4n) is 1.46. The van der Waals surface area contributed by atoms with Gasteiger partial charge in [0.05, 0.1) is 6.61 Å². The van der Waals surface area contributed by atoms with E-state index in [1.165, 1.54) is 5.56 Å². The molecule has 0 amide bonds. The summed E-state index contributed by atoms with van der Waals surface area (Å²) in [5, 5.41) is 3.35. The second kappa shape index (κ2) is 10.2. The van der Waals surface area contributed by atoms with Gasteiger partial charge in [0.1, 0.15) is 0 Å². The second-order valence-electron chi connectivity index (χ2n) is 3.81. The van der Waals surface area contributed by atoms with Gasteiger partial charge < -0.3 is 14.8 Å². The Bertz CT molecular complexity index is 267. The highest BCUT2D eigenvalue weighted by Gasteiger charge is 1.92. The number of aromatic nitrogens is 1. The minimum Gasteiger partial charge on any atom is -0.385 e. The van der Waals surface area contributed by atoms with Crippen LogP contribution in [-0.4, -0.2) is 45.0 Å². The Labute approximate surface area is 103 Å². The van der Waals surface area contributed by atoms with Gasteiger partial charge in [0.2, 0.25) is 0 Å². The monoisotopic (exact) mass is 238 g/mol. The Kier molecular flexibility index (Phi) is 8.46. The molecular formula is C13H22N2O2. The Morgan fingerprint density at radius 2 is 1.94 bits per heavy atom. The summed E-state index contributed by atoms with van der Waals surface area (Å²) in [7, 11) is 1.71. The molecule has 0 fully saturated rings. The van der Waals surface area contributed by atoms with E-state index in [0.717, 1.165) is 45.8 Å². The zero-order chi connectivity index (χ0) is 12.2. The molecule has 0 saturated carbocycles. The first-order valence-electron chi connectivity index (χ1n) is 6.10. The molecule has 1 heterocycles. The van der Waals surface area contributed by atoms with Crippen molar-refractivity contribution >= 4 is 0 Å². The number of ether oxygens (including phenoxy) is 2. The van der Waals surface area contributed by atoms with Crippen molar-refractivity contribution in [3.8, 4) is 0 Å². The van der Waals surface area contributed by atoms with Crippen LogP contribution in [0, 0.1) is 0 Å². The highest BCUT2D eigenvalue weighted by Crippen LogP contribution is 1.95. The molecule has 0 atom stereocenters.